The Labute approximate surface area is 161 Å². The van der Waals surface area contributed by atoms with Gasteiger partial charge in [0.25, 0.3) is 5.69 Å². The second kappa shape index (κ2) is 7.37. The van der Waals surface area contributed by atoms with E-state index in [1.54, 1.807) is 23.0 Å². The number of hydrogen-bond donors (Lipinski definition) is 1. The van der Waals surface area contributed by atoms with Crippen LogP contribution in [0.15, 0.2) is 60.0 Å². The fraction of sp³-hybridized carbons (Fsp3) is 0.176. The fourth-order valence-electron chi connectivity index (χ4n) is 2.80. The van der Waals surface area contributed by atoms with E-state index in [-0.39, 0.29) is 22.3 Å². The van der Waals surface area contributed by atoms with Gasteiger partial charge >= 0.3 is 0 Å². The zero-order valence-corrected chi connectivity index (χ0v) is 15.9. The van der Waals surface area contributed by atoms with Gasteiger partial charge in [0.05, 0.1) is 21.5 Å². The van der Waals surface area contributed by atoms with Gasteiger partial charge < -0.3 is 4.90 Å². The van der Waals surface area contributed by atoms with Crippen LogP contribution in [0, 0.1) is 10.1 Å². The van der Waals surface area contributed by atoms with E-state index in [0.717, 1.165) is 17.3 Å². The van der Waals surface area contributed by atoms with Gasteiger partial charge in [-0.25, -0.2) is 23.2 Å². The van der Waals surface area contributed by atoms with Crippen LogP contribution < -0.4 is 10.0 Å². The van der Waals surface area contributed by atoms with Crippen molar-refractivity contribution in [3.05, 3.63) is 70.8 Å². The third-order valence-electron chi connectivity index (χ3n) is 4.49. The molecule has 0 amide bonds. The van der Waals surface area contributed by atoms with E-state index in [2.05, 4.69) is 10.1 Å². The van der Waals surface area contributed by atoms with Crippen LogP contribution in [0.25, 0.3) is 5.69 Å². The van der Waals surface area contributed by atoms with Gasteiger partial charge in [-0.3, -0.25) is 10.1 Å². The molecule has 146 valence electrons. The summed E-state index contributed by atoms with van der Waals surface area (Å²) in [6.45, 7) is 1.89. The van der Waals surface area contributed by atoms with Gasteiger partial charge in [0.2, 0.25) is 10.0 Å². The van der Waals surface area contributed by atoms with Crippen LogP contribution in [-0.2, 0) is 10.0 Å². The number of sulfonamides is 1. The largest absolute Gasteiger partial charge is 0.362 e. The van der Waals surface area contributed by atoms with E-state index in [4.69, 9.17) is 5.14 Å². The molecule has 0 saturated carbocycles. The molecule has 0 fully saturated rings. The molecule has 28 heavy (non-hydrogen) atoms. The Hall–Kier alpha value is -3.31. The van der Waals surface area contributed by atoms with Crippen molar-refractivity contribution in [1.82, 2.24) is 14.8 Å². The lowest BCUT2D eigenvalue weighted by Crippen LogP contribution is -2.23. The topological polar surface area (TPSA) is 137 Å². The third-order valence-corrected chi connectivity index (χ3v) is 5.40. The second-order valence-electron chi connectivity index (χ2n) is 6.17. The number of hydrogen-bond acceptors (Lipinski definition) is 7. The van der Waals surface area contributed by atoms with Gasteiger partial charge in [-0.1, -0.05) is 12.1 Å². The average Bonchev–Trinajstić information content (AvgIpc) is 3.20. The molecular weight excluding hydrogens is 384 g/mol. The summed E-state index contributed by atoms with van der Waals surface area (Å²) < 4.78 is 24.6. The summed E-state index contributed by atoms with van der Waals surface area (Å²) in [5, 5.41) is 20.6. The lowest BCUT2D eigenvalue weighted by molar-refractivity contribution is -0.384. The Morgan fingerprint density at radius 3 is 2.43 bits per heavy atom. The van der Waals surface area contributed by atoms with E-state index >= 15 is 0 Å². The highest BCUT2D eigenvalue weighted by molar-refractivity contribution is 7.89. The van der Waals surface area contributed by atoms with Crippen LogP contribution in [0.4, 0.5) is 11.4 Å². The minimum Gasteiger partial charge on any atom is -0.362 e. The van der Waals surface area contributed by atoms with Gasteiger partial charge in [0.1, 0.15) is 18.3 Å². The summed E-state index contributed by atoms with van der Waals surface area (Å²) in [7, 11) is -2.33. The van der Waals surface area contributed by atoms with Gasteiger partial charge in [-0.2, -0.15) is 5.10 Å². The van der Waals surface area contributed by atoms with Crippen molar-refractivity contribution in [2.75, 3.05) is 11.9 Å². The molecule has 0 saturated heterocycles. The van der Waals surface area contributed by atoms with Crippen LogP contribution in [0.3, 0.4) is 0 Å². The van der Waals surface area contributed by atoms with Crippen molar-refractivity contribution >= 4 is 21.4 Å². The average molecular weight is 402 g/mol. The van der Waals surface area contributed by atoms with Crippen molar-refractivity contribution in [2.45, 2.75) is 17.9 Å². The lowest BCUT2D eigenvalue weighted by atomic mass is 10.1. The molecule has 10 nitrogen and oxygen atoms in total. The van der Waals surface area contributed by atoms with Crippen LogP contribution in [0.2, 0.25) is 0 Å². The first-order chi connectivity index (χ1) is 13.2. The molecule has 1 aromatic heterocycles. The molecule has 1 heterocycles. The predicted molar refractivity (Wildman–Crippen MR) is 103 cm³/mol. The molecule has 0 radical (unpaired) electrons. The van der Waals surface area contributed by atoms with E-state index in [9.17, 15) is 18.5 Å². The monoisotopic (exact) mass is 402 g/mol. The minimum atomic E-state index is -4.04. The van der Waals surface area contributed by atoms with Crippen LogP contribution in [0.5, 0.6) is 0 Å². The quantitative estimate of drug-likeness (QED) is 0.492. The van der Waals surface area contributed by atoms with Crippen LogP contribution >= 0.6 is 0 Å². The van der Waals surface area contributed by atoms with Crippen molar-refractivity contribution in [3.8, 4) is 5.69 Å². The summed E-state index contributed by atoms with van der Waals surface area (Å²) >= 11 is 0. The van der Waals surface area contributed by atoms with E-state index in [1.165, 1.54) is 18.5 Å². The van der Waals surface area contributed by atoms with Crippen molar-refractivity contribution < 1.29 is 13.3 Å². The van der Waals surface area contributed by atoms with Gasteiger partial charge in [-0.15, -0.1) is 0 Å². The third kappa shape index (κ3) is 3.85. The first-order valence-electron chi connectivity index (χ1n) is 8.17. The fourth-order valence-corrected chi connectivity index (χ4v) is 3.34. The van der Waals surface area contributed by atoms with E-state index in [1.807, 2.05) is 31.2 Å². The summed E-state index contributed by atoms with van der Waals surface area (Å²) in [6, 6.07) is 10.9. The second-order valence-corrected chi connectivity index (χ2v) is 7.73. The number of nitrogens with zero attached hydrogens (tertiary/aromatic N) is 5. The Balaban J connectivity index is 1.92. The molecule has 1 atom stereocenters. The van der Waals surface area contributed by atoms with Crippen molar-refractivity contribution in [2.24, 2.45) is 5.14 Å². The lowest BCUT2D eigenvalue weighted by Gasteiger charge is -2.27. The van der Waals surface area contributed by atoms with E-state index < -0.39 is 14.9 Å². The number of primary sulfonamides is 1. The molecule has 11 heteroatoms. The predicted octanol–water partition coefficient (Wildman–Crippen LogP) is 2.02. The first kappa shape index (κ1) is 19.5. The van der Waals surface area contributed by atoms with Crippen LogP contribution in [0.1, 0.15) is 18.5 Å². The maximum absolute atomic E-state index is 11.5. The highest BCUT2D eigenvalue weighted by atomic mass is 32.2. The molecule has 1 unspecified atom stereocenters. The SMILES string of the molecule is CC(c1ccc(-n2cncn2)cc1)N(C)c1ccc(S(N)(=O)=O)cc1[N+](=O)[O-]. The number of rotatable bonds is 6. The highest BCUT2D eigenvalue weighted by Crippen LogP contribution is 2.34. The number of nitro groups is 1. The summed E-state index contributed by atoms with van der Waals surface area (Å²) in [5.74, 6) is 0. The molecule has 0 bridgehead atoms. The van der Waals surface area contributed by atoms with E-state index in [0.29, 0.717) is 0 Å². The number of nitrogens with two attached hydrogens (primary N) is 1. The summed E-state index contributed by atoms with van der Waals surface area (Å²) in [5.41, 5.74) is 1.70. The normalized spacial score (nSPS) is 12.5. The standard InChI is InChI=1S/C17H18N6O4S/c1-12(13-3-5-14(6-4-13)22-11-19-10-20-22)21(2)16-8-7-15(28(18,26)27)9-17(16)23(24)25/h3-12H,1-2H3,(H2,18,26,27). The zero-order valence-electron chi connectivity index (χ0n) is 15.1. The summed E-state index contributed by atoms with van der Waals surface area (Å²) in [6.07, 6.45) is 3.02. The Morgan fingerprint density at radius 1 is 1.21 bits per heavy atom. The zero-order chi connectivity index (χ0) is 20.5. The van der Waals surface area contributed by atoms with Crippen LogP contribution in [-0.4, -0.2) is 35.2 Å². The number of nitro benzene ring substituents is 1. The molecular formula is C17H18N6O4S. The molecule has 0 aliphatic heterocycles. The minimum absolute atomic E-state index is 0.219. The molecule has 2 N–H and O–H groups in total. The highest BCUT2D eigenvalue weighted by Gasteiger charge is 2.24. The number of anilines is 1. The maximum Gasteiger partial charge on any atom is 0.293 e. The smallest absolute Gasteiger partial charge is 0.293 e. The molecule has 3 rings (SSSR count). The van der Waals surface area contributed by atoms with Crippen molar-refractivity contribution in [3.63, 3.8) is 0 Å². The Kier molecular flexibility index (Phi) is 5.12. The molecule has 0 spiro atoms. The molecule has 2 aromatic carbocycles. The number of aromatic nitrogens is 3. The Bertz CT molecular complexity index is 1100. The van der Waals surface area contributed by atoms with Gasteiger partial charge in [-0.05, 0) is 36.8 Å². The van der Waals surface area contributed by atoms with Gasteiger partial charge in [0.15, 0.2) is 0 Å². The van der Waals surface area contributed by atoms with Gasteiger partial charge in [0, 0.05) is 13.1 Å². The molecule has 0 aliphatic carbocycles. The van der Waals surface area contributed by atoms with Crippen molar-refractivity contribution in [1.29, 1.82) is 0 Å². The number of benzene rings is 2. The molecule has 0 aliphatic rings. The maximum atomic E-state index is 11.5. The summed E-state index contributed by atoms with van der Waals surface area (Å²) in [4.78, 5) is 16.1. The first-order valence-corrected chi connectivity index (χ1v) is 9.72. The Morgan fingerprint density at radius 2 is 1.89 bits per heavy atom. The molecule has 3 aromatic rings.